The Balaban J connectivity index is 0.00000120. The number of piperidine rings is 1. The van der Waals surface area contributed by atoms with Crippen LogP contribution in [0, 0.1) is 5.41 Å². The number of rotatable bonds is 1. The molecule has 3 rings (SSSR count). The summed E-state index contributed by atoms with van der Waals surface area (Å²) in [6.07, 6.45) is 5.33. The molecule has 18 heavy (non-hydrogen) atoms. The zero-order chi connectivity index (χ0) is 11.9. The lowest BCUT2D eigenvalue weighted by atomic mass is 9.56. The lowest BCUT2D eigenvalue weighted by Crippen LogP contribution is -2.44. The van der Waals surface area contributed by atoms with Crippen LogP contribution < -0.4 is 5.32 Å². The molecule has 0 amide bonds. The van der Waals surface area contributed by atoms with Gasteiger partial charge in [0.2, 0.25) is 0 Å². The average Bonchev–Trinajstić information content (AvgIpc) is 2.31. The van der Waals surface area contributed by atoms with Gasteiger partial charge in [-0.1, -0.05) is 29.3 Å². The minimum Gasteiger partial charge on any atom is -0.317 e. The number of benzene rings is 1. The van der Waals surface area contributed by atoms with Crippen LogP contribution in [0.5, 0.6) is 0 Å². The second-order valence-corrected chi connectivity index (χ2v) is 6.34. The van der Waals surface area contributed by atoms with Gasteiger partial charge in [0.1, 0.15) is 0 Å². The summed E-state index contributed by atoms with van der Waals surface area (Å²) >= 11 is 12.0. The van der Waals surface area contributed by atoms with Gasteiger partial charge < -0.3 is 5.32 Å². The highest BCUT2D eigenvalue weighted by Gasteiger charge is 2.44. The van der Waals surface area contributed by atoms with Crippen LogP contribution in [-0.2, 0) is 0 Å². The summed E-state index contributed by atoms with van der Waals surface area (Å²) in [7, 11) is 0. The highest BCUT2D eigenvalue weighted by molar-refractivity contribution is 6.42. The van der Waals surface area contributed by atoms with Gasteiger partial charge in [-0.3, -0.25) is 0 Å². The summed E-state index contributed by atoms with van der Waals surface area (Å²) in [5.74, 6) is 0.697. The highest BCUT2D eigenvalue weighted by atomic mass is 35.5. The zero-order valence-corrected chi connectivity index (χ0v) is 12.5. The average molecular weight is 307 g/mol. The molecular formula is C14H18Cl3N. The summed E-state index contributed by atoms with van der Waals surface area (Å²) in [6.45, 7) is 2.38. The Morgan fingerprint density at radius 2 is 1.72 bits per heavy atom. The standard InChI is InChI=1S/C14H17Cl2N.ClH/c15-12-2-1-10(7-13(12)16)11-8-14(9-11)3-5-17-6-4-14;/h1-2,7,11,17H,3-6,8-9H2;1H. The summed E-state index contributed by atoms with van der Waals surface area (Å²) in [6, 6.07) is 6.10. The van der Waals surface area contributed by atoms with E-state index < -0.39 is 0 Å². The monoisotopic (exact) mass is 305 g/mol. The minimum atomic E-state index is 0. The van der Waals surface area contributed by atoms with Gasteiger partial charge in [-0.2, -0.15) is 0 Å². The lowest BCUT2D eigenvalue weighted by molar-refractivity contribution is 0.0604. The molecule has 0 radical (unpaired) electrons. The predicted octanol–water partition coefficient (Wildman–Crippen LogP) is 4.66. The van der Waals surface area contributed by atoms with E-state index in [0.717, 1.165) is 0 Å². The summed E-state index contributed by atoms with van der Waals surface area (Å²) in [5, 5.41) is 4.79. The van der Waals surface area contributed by atoms with Crippen LogP contribution in [0.3, 0.4) is 0 Å². The van der Waals surface area contributed by atoms with Crippen LogP contribution in [0.1, 0.15) is 37.2 Å². The minimum absolute atomic E-state index is 0. The van der Waals surface area contributed by atoms with E-state index in [1.165, 1.54) is 44.3 Å². The van der Waals surface area contributed by atoms with Gasteiger partial charge in [0.25, 0.3) is 0 Å². The molecule has 1 saturated heterocycles. The smallest absolute Gasteiger partial charge is 0.0595 e. The second-order valence-electron chi connectivity index (χ2n) is 5.53. The highest BCUT2D eigenvalue weighted by Crippen LogP contribution is 2.56. The maximum Gasteiger partial charge on any atom is 0.0595 e. The van der Waals surface area contributed by atoms with Crippen molar-refractivity contribution in [2.75, 3.05) is 13.1 Å². The van der Waals surface area contributed by atoms with Crippen LogP contribution in [0.15, 0.2) is 18.2 Å². The lowest BCUT2D eigenvalue weighted by Gasteiger charge is -2.50. The molecule has 1 heterocycles. The van der Waals surface area contributed by atoms with E-state index in [1.807, 2.05) is 12.1 Å². The van der Waals surface area contributed by atoms with E-state index in [2.05, 4.69) is 11.4 Å². The van der Waals surface area contributed by atoms with Crippen molar-refractivity contribution in [3.8, 4) is 0 Å². The number of nitrogens with one attached hydrogen (secondary N) is 1. The van der Waals surface area contributed by atoms with Crippen molar-refractivity contribution < 1.29 is 0 Å². The van der Waals surface area contributed by atoms with Gasteiger partial charge in [-0.15, -0.1) is 12.4 Å². The maximum atomic E-state index is 6.07. The molecule has 2 aliphatic rings. The quantitative estimate of drug-likeness (QED) is 0.795. The molecule has 0 aromatic heterocycles. The maximum absolute atomic E-state index is 6.07. The van der Waals surface area contributed by atoms with Gasteiger partial charge >= 0.3 is 0 Å². The summed E-state index contributed by atoms with van der Waals surface area (Å²) in [4.78, 5) is 0. The molecule has 1 aliphatic heterocycles. The second kappa shape index (κ2) is 5.58. The molecule has 0 bridgehead atoms. The third kappa shape index (κ3) is 2.65. The molecular weight excluding hydrogens is 289 g/mol. The Bertz CT molecular complexity index is 419. The summed E-state index contributed by atoms with van der Waals surface area (Å²) < 4.78 is 0. The Kier molecular flexibility index (Phi) is 4.48. The first kappa shape index (κ1) is 14.5. The van der Waals surface area contributed by atoms with Gasteiger partial charge in [0.15, 0.2) is 0 Å². The van der Waals surface area contributed by atoms with E-state index in [9.17, 15) is 0 Å². The molecule has 0 atom stereocenters. The van der Waals surface area contributed by atoms with Gasteiger partial charge in [-0.05, 0) is 67.8 Å². The van der Waals surface area contributed by atoms with Crippen molar-refractivity contribution in [1.29, 1.82) is 0 Å². The van der Waals surface area contributed by atoms with Crippen molar-refractivity contribution in [2.24, 2.45) is 5.41 Å². The molecule has 1 aliphatic carbocycles. The van der Waals surface area contributed by atoms with Crippen LogP contribution >= 0.6 is 35.6 Å². The molecule has 1 spiro atoms. The number of hydrogen-bond donors (Lipinski definition) is 1. The third-order valence-electron chi connectivity index (χ3n) is 4.44. The topological polar surface area (TPSA) is 12.0 Å². The first-order chi connectivity index (χ1) is 8.19. The van der Waals surface area contributed by atoms with Gasteiger partial charge in [-0.25, -0.2) is 0 Å². The largest absolute Gasteiger partial charge is 0.317 e. The zero-order valence-electron chi connectivity index (χ0n) is 10.2. The van der Waals surface area contributed by atoms with Crippen LogP contribution in [0.2, 0.25) is 10.0 Å². The van der Waals surface area contributed by atoms with Crippen LogP contribution in [-0.4, -0.2) is 13.1 Å². The first-order valence-electron chi connectivity index (χ1n) is 6.34. The van der Waals surface area contributed by atoms with Crippen LogP contribution in [0.4, 0.5) is 0 Å². The number of halogens is 3. The Labute approximate surface area is 125 Å². The third-order valence-corrected chi connectivity index (χ3v) is 5.18. The molecule has 2 fully saturated rings. The Morgan fingerprint density at radius 1 is 1.06 bits per heavy atom. The van der Waals surface area contributed by atoms with E-state index >= 15 is 0 Å². The van der Waals surface area contributed by atoms with Crippen molar-refractivity contribution in [1.82, 2.24) is 5.32 Å². The Morgan fingerprint density at radius 3 is 2.33 bits per heavy atom. The fraction of sp³-hybridized carbons (Fsp3) is 0.571. The summed E-state index contributed by atoms with van der Waals surface area (Å²) in [5.41, 5.74) is 1.99. The van der Waals surface area contributed by atoms with E-state index in [-0.39, 0.29) is 12.4 Å². The van der Waals surface area contributed by atoms with Crippen LogP contribution in [0.25, 0.3) is 0 Å². The normalized spacial score (nSPS) is 22.3. The molecule has 0 unspecified atom stereocenters. The van der Waals surface area contributed by atoms with Crippen molar-refractivity contribution in [3.63, 3.8) is 0 Å². The molecule has 100 valence electrons. The van der Waals surface area contributed by atoms with E-state index in [0.29, 0.717) is 21.4 Å². The first-order valence-corrected chi connectivity index (χ1v) is 7.10. The Hall–Kier alpha value is 0.0500. The molecule has 1 nitrogen and oxygen atoms in total. The van der Waals surface area contributed by atoms with Crippen molar-refractivity contribution in [3.05, 3.63) is 33.8 Å². The van der Waals surface area contributed by atoms with Crippen molar-refractivity contribution in [2.45, 2.75) is 31.6 Å². The van der Waals surface area contributed by atoms with Gasteiger partial charge in [0.05, 0.1) is 10.0 Å². The molecule has 1 aromatic carbocycles. The molecule has 4 heteroatoms. The number of hydrogen-bond acceptors (Lipinski definition) is 1. The predicted molar refractivity (Wildman–Crippen MR) is 80.2 cm³/mol. The molecule has 1 N–H and O–H groups in total. The molecule has 1 saturated carbocycles. The fourth-order valence-corrected chi connectivity index (χ4v) is 3.66. The van der Waals surface area contributed by atoms with Crippen molar-refractivity contribution >= 4 is 35.6 Å². The SMILES string of the molecule is Cl.Clc1ccc(C2CC3(CCNCC3)C2)cc1Cl. The fourth-order valence-electron chi connectivity index (χ4n) is 3.35. The van der Waals surface area contributed by atoms with Gasteiger partial charge in [0, 0.05) is 0 Å². The molecule has 1 aromatic rings. The van der Waals surface area contributed by atoms with E-state index in [4.69, 9.17) is 23.2 Å². The van der Waals surface area contributed by atoms with E-state index in [1.54, 1.807) is 0 Å².